The summed E-state index contributed by atoms with van der Waals surface area (Å²) < 4.78 is 5.09. The molecule has 4 nitrogen and oxygen atoms in total. The number of para-hydroxylation sites is 1. The van der Waals surface area contributed by atoms with E-state index in [-0.39, 0.29) is 0 Å². The molecular formula is C11H17NO3. The minimum atomic E-state index is -0.954. The first-order valence-corrected chi connectivity index (χ1v) is 4.89. The van der Waals surface area contributed by atoms with Crippen molar-refractivity contribution in [1.82, 2.24) is 0 Å². The molecule has 1 aromatic carbocycles. The van der Waals surface area contributed by atoms with Crippen molar-refractivity contribution < 1.29 is 14.9 Å². The molecule has 0 bridgehead atoms. The quantitative estimate of drug-likeness (QED) is 0.660. The first-order valence-electron chi connectivity index (χ1n) is 4.89. The van der Waals surface area contributed by atoms with Crippen LogP contribution in [-0.4, -0.2) is 30.0 Å². The van der Waals surface area contributed by atoms with Gasteiger partial charge in [0.1, 0.15) is 11.9 Å². The zero-order valence-corrected chi connectivity index (χ0v) is 8.76. The van der Waals surface area contributed by atoms with E-state index in [0.29, 0.717) is 24.3 Å². The van der Waals surface area contributed by atoms with Gasteiger partial charge in [-0.05, 0) is 19.0 Å². The van der Waals surface area contributed by atoms with Crippen LogP contribution in [0.15, 0.2) is 24.3 Å². The Labute approximate surface area is 89.3 Å². The largest absolute Gasteiger partial charge is 0.496 e. The number of aliphatic hydroxyl groups excluding tert-OH is 2. The van der Waals surface area contributed by atoms with Crippen molar-refractivity contribution in [1.29, 1.82) is 0 Å². The second-order valence-corrected chi connectivity index (χ2v) is 3.33. The van der Waals surface area contributed by atoms with Crippen molar-refractivity contribution in [2.75, 3.05) is 13.7 Å². The number of benzene rings is 1. The second kappa shape index (κ2) is 5.70. The molecule has 2 unspecified atom stereocenters. The predicted octanol–water partition coefficient (Wildman–Crippen LogP) is 0.438. The lowest BCUT2D eigenvalue weighted by Gasteiger charge is -2.19. The standard InChI is InChI=1S/C11H17NO3/c1-15-10-5-3-2-4-8(10)11(14)9(13)6-7-12/h2-5,9,11,13-14H,6-7,12H2,1H3. The molecule has 4 heteroatoms. The summed E-state index contributed by atoms with van der Waals surface area (Å²) in [5.74, 6) is 0.570. The number of aliphatic hydroxyl groups is 2. The summed E-state index contributed by atoms with van der Waals surface area (Å²) in [6.45, 7) is 0.341. The summed E-state index contributed by atoms with van der Waals surface area (Å²) >= 11 is 0. The van der Waals surface area contributed by atoms with Gasteiger partial charge in [0.25, 0.3) is 0 Å². The minimum Gasteiger partial charge on any atom is -0.496 e. The van der Waals surface area contributed by atoms with Crippen molar-refractivity contribution in [3.05, 3.63) is 29.8 Å². The van der Waals surface area contributed by atoms with Gasteiger partial charge in [0, 0.05) is 5.56 Å². The van der Waals surface area contributed by atoms with Crippen molar-refractivity contribution in [3.63, 3.8) is 0 Å². The molecule has 0 aromatic heterocycles. The lowest BCUT2D eigenvalue weighted by atomic mass is 10.0. The summed E-state index contributed by atoms with van der Waals surface area (Å²) in [5, 5.41) is 19.5. The molecule has 15 heavy (non-hydrogen) atoms. The van der Waals surface area contributed by atoms with Gasteiger partial charge in [-0.25, -0.2) is 0 Å². The molecule has 4 N–H and O–H groups in total. The molecule has 0 aliphatic heterocycles. The summed E-state index contributed by atoms with van der Waals surface area (Å²) in [6, 6.07) is 7.07. The average molecular weight is 211 g/mol. The van der Waals surface area contributed by atoms with Gasteiger partial charge in [0.15, 0.2) is 0 Å². The number of hydrogen-bond donors (Lipinski definition) is 3. The monoisotopic (exact) mass is 211 g/mol. The Kier molecular flexibility index (Phi) is 4.55. The van der Waals surface area contributed by atoms with Gasteiger partial charge in [-0.1, -0.05) is 18.2 Å². The number of methoxy groups -OCH3 is 1. The first-order chi connectivity index (χ1) is 7.20. The van der Waals surface area contributed by atoms with Crippen molar-refractivity contribution >= 4 is 0 Å². The number of hydrogen-bond acceptors (Lipinski definition) is 4. The molecule has 84 valence electrons. The van der Waals surface area contributed by atoms with Crippen molar-refractivity contribution in [2.24, 2.45) is 5.73 Å². The zero-order valence-electron chi connectivity index (χ0n) is 8.76. The van der Waals surface area contributed by atoms with Gasteiger partial charge in [-0.3, -0.25) is 0 Å². The molecule has 0 heterocycles. The first kappa shape index (κ1) is 12.0. The third kappa shape index (κ3) is 2.92. The number of ether oxygens (including phenoxy) is 1. The summed E-state index contributed by atoms with van der Waals surface area (Å²) in [6.07, 6.45) is -1.45. The Morgan fingerprint density at radius 2 is 2.00 bits per heavy atom. The van der Waals surface area contributed by atoms with Crippen LogP contribution in [0.3, 0.4) is 0 Å². The number of rotatable bonds is 5. The molecule has 0 fully saturated rings. The highest BCUT2D eigenvalue weighted by Gasteiger charge is 2.20. The third-order valence-corrected chi connectivity index (χ3v) is 2.28. The van der Waals surface area contributed by atoms with E-state index >= 15 is 0 Å². The van der Waals surface area contributed by atoms with Gasteiger partial charge in [-0.15, -0.1) is 0 Å². The van der Waals surface area contributed by atoms with Crippen LogP contribution in [0, 0.1) is 0 Å². The van der Waals surface area contributed by atoms with E-state index < -0.39 is 12.2 Å². The molecule has 0 radical (unpaired) electrons. The fraction of sp³-hybridized carbons (Fsp3) is 0.455. The second-order valence-electron chi connectivity index (χ2n) is 3.33. The SMILES string of the molecule is COc1ccccc1C(O)C(O)CCN. The van der Waals surface area contributed by atoms with Gasteiger partial charge < -0.3 is 20.7 Å². The van der Waals surface area contributed by atoms with Crippen LogP contribution in [0.5, 0.6) is 5.75 Å². The van der Waals surface area contributed by atoms with E-state index in [0.717, 1.165) is 0 Å². The molecule has 0 aliphatic carbocycles. The lowest BCUT2D eigenvalue weighted by Crippen LogP contribution is -2.22. The molecule has 0 aliphatic rings. The Morgan fingerprint density at radius 1 is 1.33 bits per heavy atom. The van der Waals surface area contributed by atoms with Crippen LogP contribution >= 0.6 is 0 Å². The van der Waals surface area contributed by atoms with E-state index in [1.807, 2.05) is 6.07 Å². The molecular weight excluding hydrogens is 194 g/mol. The topological polar surface area (TPSA) is 75.7 Å². The minimum absolute atomic E-state index is 0.341. The maximum atomic E-state index is 9.85. The van der Waals surface area contributed by atoms with Crippen LogP contribution < -0.4 is 10.5 Å². The Morgan fingerprint density at radius 3 is 2.60 bits per heavy atom. The van der Waals surface area contributed by atoms with E-state index in [9.17, 15) is 10.2 Å². The molecule has 0 saturated heterocycles. The number of nitrogens with two attached hydrogens (primary N) is 1. The highest BCUT2D eigenvalue weighted by Crippen LogP contribution is 2.27. The fourth-order valence-electron chi connectivity index (χ4n) is 1.45. The van der Waals surface area contributed by atoms with E-state index in [1.165, 1.54) is 7.11 Å². The van der Waals surface area contributed by atoms with Crippen LogP contribution in [0.2, 0.25) is 0 Å². The summed E-state index contributed by atoms with van der Waals surface area (Å²) in [4.78, 5) is 0. The summed E-state index contributed by atoms with van der Waals surface area (Å²) in [7, 11) is 1.53. The predicted molar refractivity (Wildman–Crippen MR) is 57.6 cm³/mol. The Balaban J connectivity index is 2.84. The zero-order chi connectivity index (χ0) is 11.3. The Hall–Kier alpha value is -1.10. The Bertz CT molecular complexity index is 304. The molecule has 0 amide bonds. The normalized spacial score (nSPS) is 14.7. The highest BCUT2D eigenvalue weighted by atomic mass is 16.5. The summed E-state index contributed by atoms with van der Waals surface area (Å²) in [5.41, 5.74) is 5.90. The molecule has 0 spiro atoms. The van der Waals surface area contributed by atoms with E-state index in [2.05, 4.69) is 0 Å². The van der Waals surface area contributed by atoms with Gasteiger partial charge in [0.2, 0.25) is 0 Å². The molecule has 2 atom stereocenters. The smallest absolute Gasteiger partial charge is 0.124 e. The molecule has 1 aromatic rings. The van der Waals surface area contributed by atoms with Crippen LogP contribution in [0.25, 0.3) is 0 Å². The van der Waals surface area contributed by atoms with Crippen LogP contribution in [-0.2, 0) is 0 Å². The van der Waals surface area contributed by atoms with E-state index in [1.54, 1.807) is 18.2 Å². The average Bonchev–Trinajstić information content (AvgIpc) is 2.28. The van der Waals surface area contributed by atoms with Crippen LogP contribution in [0.4, 0.5) is 0 Å². The van der Waals surface area contributed by atoms with Crippen LogP contribution in [0.1, 0.15) is 18.1 Å². The lowest BCUT2D eigenvalue weighted by molar-refractivity contribution is 0.0137. The van der Waals surface area contributed by atoms with E-state index in [4.69, 9.17) is 10.5 Å². The fourth-order valence-corrected chi connectivity index (χ4v) is 1.45. The molecule has 1 rings (SSSR count). The van der Waals surface area contributed by atoms with Crippen molar-refractivity contribution in [3.8, 4) is 5.75 Å². The molecule has 0 saturated carbocycles. The van der Waals surface area contributed by atoms with Gasteiger partial charge in [0.05, 0.1) is 13.2 Å². The maximum Gasteiger partial charge on any atom is 0.124 e. The van der Waals surface area contributed by atoms with Gasteiger partial charge >= 0.3 is 0 Å². The van der Waals surface area contributed by atoms with Gasteiger partial charge in [-0.2, -0.15) is 0 Å². The third-order valence-electron chi connectivity index (χ3n) is 2.28. The maximum absolute atomic E-state index is 9.85. The highest BCUT2D eigenvalue weighted by molar-refractivity contribution is 5.35. The van der Waals surface area contributed by atoms with Crippen molar-refractivity contribution in [2.45, 2.75) is 18.6 Å².